The summed E-state index contributed by atoms with van der Waals surface area (Å²) < 4.78 is 0. The van der Waals surface area contributed by atoms with E-state index >= 15 is 0 Å². The summed E-state index contributed by atoms with van der Waals surface area (Å²) in [6.07, 6.45) is 0.597. The summed E-state index contributed by atoms with van der Waals surface area (Å²) in [5.41, 5.74) is 1.06. The number of nitrogens with one attached hydrogen (secondary N) is 1. The number of aliphatic hydroxyl groups is 1. The highest BCUT2D eigenvalue weighted by atomic mass is 35.5. The Morgan fingerprint density at radius 2 is 1.74 bits per heavy atom. The predicted octanol–water partition coefficient (Wildman–Crippen LogP) is 3.55. The van der Waals surface area contributed by atoms with Crippen molar-refractivity contribution in [2.45, 2.75) is 31.8 Å². The number of amides is 1. The molecule has 0 radical (unpaired) electrons. The van der Waals surface area contributed by atoms with Gasteiger partial charge in [0.15, 0.2) is 0 Å². The van der Waals surface area contributed by atoms with Crippen LogP contribution in [0.5, 0.6) is 0 Å². The van der Waals surface area contributed by atoms with Crippen molar-refractivity contribution in [3.05, 3.63) is 70.7 Å². The molecule has 0 fully saturated rings. The predicted molar refractivity (Wildman–Crippen MR) is 93.6 cm³/mol. The third-order valence-corrected chi connectivity index (χ3v) is 3.82. The minimum atomic E-state index is -0.938. The Kier molecular flexibility index (Phi) is 5.80. The molecule has 4 heteroatoms. The highest BCUT2D eigenvalue weighted by Gasteiger charge is 2.23. The lowest BCUT2D eigenvalue weighted by Crippen LogP contribution is -2.40. The number of hydrogen-bond acceptors (Lipinski definition) is 2. The Balaban J connectivity index is 2.20. The van der Waals surface area contributed by atoms with Gasteiger partial charge in [0.2, 0.25) is 5.91 Å². The van der Waals surface area contributed by atoms with E-state index in [1.54, 1.807) is 26.0 Å². The van der Waals surface area contributed by atoms with Crippen LogP contribution in [-0.4, -0.2) is 23.2 Å². The van der Waals surface area contributed by atoms with E-state index in [-0.39, 0.29) is 18.4 Å². The van der Waals surface area contributed by atoms with Crippen LogP contribution in [0.4, 0.5) is 0 Å². The van der Waals surface area contributed by atoms with E-state index in [1.807, 2.05) is 42.5 Å². The van der Waals surface area contributed by atoms with Crippen LogP contribution in [0, 0.1) is 0 Å². The molecule has 23 heavy (non-hydrogen) atoms. The Morgan fingerprint density at radius 1 is 1.13 bits per heavy atom. The van der Waals surface area contributed by atoms with Gasteiger partial charge in [-0.3, -0.25) is 4.79 Å². The summed E-state index contributed by atoms with van der Waals surface area (Å²) >= 11 is 5.94. The second-order valence-electron chi connectivity index (χ2n) is 6.32. The zero-order valence-electron chi connectivity index (χ0n) is 13.4. The first-order chi connectivity index (χ1) is 10.8. The standard InChI is InChI=1S/C19H22ClNO2/c1-19(2,23)13-21-18(22)17(12-14-6-4-3-5-7-14)15-8-10-16(20)11-9-15/h3-11,17,23H,12-13H2,1-2H3,(H,21,22). The second kappa shape index (κ2) is 7.62. The number of rotatable bonds is 6. The number of hydrogen-bond donors (Lipinski definition) is 2. The molecule has 0 spiro atoms. The third kappa shape index (κ3) is 5.70. The summed E-state index contributed by atoms with van der Waals surface area (Å²) in [5, 5.41) is 13.3. The highest BCUT2D eigenvalue weighted by Crippen LogP contribution is 2.23. The van der Waals surface area contributed by atoms with Gasteiger partial charge in [-0.15, -0.1) is 0 Å². The van der Waals surface area contributed by atoms with Crippen molar-refractivity contribution in [3.63, 3.8) is 0 Å². The number of carbonyl (C=O) groups excluding carboxylic acids is 1. The van der Waals surface area contributed by atoms with E-state index < -0.39 is 5.60 Å². The zero-order valence-corrected chi connectivity index (χ0v) is 14.2. The SMILES string of the molecule is CC(C)(O)CNC(=O)C(Cc1ccccc1)c1ccc(Cl)cc1. The average molecular weight is 332 g/mol. The molecule has 2 aromatic rings. The Labute approximate surface area is 142 Å². The van der Waals surface area contributed by atoms with Crippen molar-refractivity contribution in [3.8, 4) is 0 Å². The first kappa shape index (κ1) is 17.5. The van der Waals surface area contributed by atoms with Crippen LogP contribution in [0.2, 0.25) is 5.02 Å². The average Bonchev–Trinajstić information content (AvgIpc) is 2.52. The molecule has 1 atom stereocenters. The first-order valence-electron chi connectivity index (χ1n) is 7.65. The fourth-order valence-corrected chi connectivity index (χ4v) is 2.46. The summed E-state index contributed by atoms with van der Waals surface area (Å²) in [4.78, 5) is 12.6. The summed E-state index contributed by atoms with van der Waals surface area (Å²) in [5.74, 6) is -0.421. The van der Waals surface area contributed by atoms with E-state index in [1.165, 1.54) is 0 Å². The van der Waals surface area contributed by atoms with Crippen molar-refractivity contribution in [2.24, 2.45) is 0 Å². The van der Waals surface area contributed by atoms with Gasteiger partial charge in [-0.05, 0) is 43.5 Å². The Hall–Kier alpha value is -1.84. The van der Waals surface area contributed by atoms with E-state index in [4.69, 9.17) is 11.6 Å². The number of halogens is 1. The number of benzene rings is 2. The molecule has 0 saturated heterocycles. The molecule has 2 aromatic carbocycles. The van der Waals surface area contributed by atoms with E-state index in [9.17, 15) is 9.90 Å². The van der Waals surface area contributed by atoms with E-state index in [0.29, 0.717) is 11.4 Å². The molecule has 122 valence electrons. The molecule has 2 N–H and O–H groups in total. The minimum absolute atomic E-state index is 0.0988. The van der Waals surface area contributed by atoms with Crippen LogP contribution in [0.25, 0.3) is 0 Å². The minimum Gasteiger partial charge on any atom is -0.389 e. The molecule has 0 bridgehead atoms. The Morgan fingerprint density at radius 3 is 2.30 bits per heavy atom. The van der Waals surface area contributed by atoms with Gasteiger partial charge >= 0.3 is 0 Å². The lowest BCUT2D eigenvalue weighted by Gasteiger charge is -2.22. The van der Waals surface area contributed by atoms with Gasteiger partial charge in [0, 0.05) is 11.6 Å². The maximum absolute atomic E-state index is 12.6. The molecule has 0 aromatic heterocycles. The van der Waals surface area contributed by atoms with Gasteiger partial charge in [-0.1, -0.05) is 54.1 Å². The molecule has 1 amide bonds. The molecule has 0 saturated carbocycles. The van der Waals surface area contributed by atoms with Gasteiger partial charge in [-0.25, -0.2) is 0 Å². The fraction of sp³-hybridized carbons (Fsp3) is 0.316. The summed E-state index contributed by atoms with van der Waals surface area (Å²) in [6, 6.07) is 17.2. The van der Waals surface area contributed by atoms with Crippen LogP contribution < -0.4 is 5.32 Å². The topological polar surface area (TPSA) is 49.3 Å². The van der Waals surface area contributed by atoms with Crippen molar-refractivity contribution in [1.29, 1.82) is 0 Å². The van der Waals surface area contributed by atoms with Crippen molar-refractivity contribution in [1.82, 2.24) is 5.32 Å². The molecule has 1 unspecified atom stereocenters. The summed E-state index contributed by atoms with van der Waals surface area (Å²) in [6.45, 7) is 3.55. The van der Waals surface area contributed by atoms with Gasteiger partial charge in [-0.2, -0.15) is 0 Å². The monoisotopic (exact) mass is 331 g/mol. The molecule has 0 aliphatic carbocycles. The largest absolute Gasteiger partial charge is 0.389 e. The lowest BCUT2D eigenvalue weighted by molar-refractivity contribution is -0.123. The van der Waals surface area contributed by atoms with E-state index in [2.05, 4.69) is 5.32 Å². The summed E-state index contributed by atoms with van der Waals surface area (Å²) in [7, 11) is 0. The maximum Gasteiger partial charge on any atom is 0.227 e. The maximum atomic E-state index is 12.6. The quantitative estimate of drug-likeness (QED) is 0.850. The van der Waals surface area contributed by atoms with Gasteiger partial charge in [0.05, 0.1) is 11.5 Å². The smallest absolute Gasteiger partial charge is 0.227 e. The van der Waals surface area contributed by atoms with Crippen LogP contribution in [0.1, 0.15) is 30.9 Å². The molecule has 0 aliphatic heterocycles. The molecule has 3 nitrogen and oxygen atoms in total. The first-order valence-corrected chi connectivity index (χ1v) is 8.02. The van der Waals surface area contributed by atoms with Crippen LogP contribution in [0.15, 0.2) is 54.6 Å². The molecular weight excluding hydrogens is 310 g/mol. The molecular formula is C19H22ClNO2. The normalized spacial score (nSPS) is 12.7. The van der Waals surface area contributed by atoms with Crippen LogP contribution >= 0.6 is 11.6 Å². The van der Waals surface area contributed by atoms with Crippen molar-refractivity contribution in [2.75, 3.05) is 6.54 Å². The van der Waals surface area contributed by atoms with Gasteiger partial charge < -0.3 is 10.4 Å². The Bertz CT molecular complexity index is 633. The van der Waals surface area contributed by atoms with Crippen molar-refractivity contribution >= 4 is 17.5 Å². The zero-order chi connectivity index (χ0) is 16.9. The van der Waals surface area contributed by atoms with Gasteiger partial charge in [0.1, 0.15) is 0 Å². The molecule has 0 aliphatic rings. The second-order valence-corrected chi connectivity index (χ2v) is 6.76. The fourth-order valence-electron chi connectivity index (χ4n) is 2.33. The third-order valence-electron chi connectivity index (χ3n) is 3.57. The highest BCUT2D eigenvalue weighted by molar-refractivity contribution is 6.30. The molecule has 0 heterocycles. The molecule has 2 rings (SSSR count). The van der Waals surface area contributed by atoms with E-state index in [0.717, 1.165) is 11.1 Å². The number of carbonyl (C=O) groups is 1. The lowest BCUT2D eigenvalue weighted by atomic mass is 9.91. The van der Waals surface area contributed by atoms with Crippen LogP contribution in [-0.2, 0) is 11.2 Å². The van der Waals surface area contributed by atoms with Crippen molar-refractivity contribution < 1.29 is 9.90 Å². The van der Waals surface area contributed by atoms with Crippen LogP contribution in [0.3, 0.4) is 0 Å². The van der Waals surface area contributed by atoms with Gasteiger partial charge in [0.25, 0.3) is 0 Å².